The topological polar surface area (TPSA) is 141 Å². The predicted molar refractivity (Wildman–Crippen MR) is 239 cm³/mol. The van der Waals surface area contributed by atoms with Crippen LogP contribution in [0.2, 0.25) is 4.34 Å². The molecule has 2 aromatic carbocycles. The number of anilines is 2. The molecule has 60 heavy (non-hydrogen) atoms. The van der Waals surface area contributed by atoms with E-state index in [-0.39, 0.29) is 36.8 Å². The van der Waals surface area contributed by atoms with Gasteiger partial charge in [-0.05, 0) is 116 Å². The van der Waals surface area contributed by atoms with Crippen LogP contribution in [0, 0.1) is 6.92 Å². The van der Waals surface area contributed by atoms with Crippen molar-refractivity contribution in [1.29, 1.82) is 0 Å². The number of hydrogen-bond acceptors (Lipinski definition) is 10. The van der Waals surface area contributed by atoms with E-state index >= 15 is 0 Å². The van der Waals surface area contributed by atoms with Gasteiger partial charge in [0.2, 0.25) is 0 Å². The van der Waals surface area contributed by atoms with Crippen molar-refractivity contribution in [2.24, 2.45) is 0 Å². The summed E-state index contributed by atoms with van der Waals surface area (Å²) >= 11 is 8.56. The Morgan fingerprint density at radius 3 is 1.55 bits per heavy atom. The molecule has 0 saturated carbocycles. The highest BCUT2D eigenvalue weighted by atomic mass is 35.5. The second-order valence-electron chi connectivity index (χ2n) is 16.8. The van der Waals surface area contributed by atoms with Gasteiger partial charge >= 0.3 is 0 Å². The van der Waals surface area contributed by atoms with Crippen molar-refractivity contribution in [3.05, 3.63) is 102 Å². The number of aryl methyl sites for hydroxylation is 1. The second-order valence-corrected chi connectivity index (χ2v) is 19.8. The molecule has 4 amide bonds. The highest BCUT2D eigenvalue weighted by Gasteiger charge is 2.45. The van der Waals surface area contributed by atoms with Gasteiger partial charge in [0.25, 0.3) is 23.6 Å². The van der Waals surface area contributed by atoms with Crippen LogP contribution in [-0.2, 0) is 31.9 Å². The summed E-state index contributed by atoms with van der Waals surface area (Å²) < 4.78 is 11.5. The summed E-state index contributed by atoms with van der Waals surface area (Å²) in [4.78, 5) is 58.7. The molecule has 0 unspecified atom stereocenters. The van der Waals surface area contributed by atoms with Crippen LogP contribution >= 0.6 is 34.3 Å². The predicted octanol–water partition coefficient (Wildman–Crippen LogP) is 6.70. The lowest BCUT2D eigenvalue weighted by Crippen LogP contribution is -2.57. The molecule has 2 aromatic heterocycles. The fourth-order valence-corrected chi connectivity index (χ4v) is 10.2. The Labute approximate surface area is 365 Å². The molecule has 4 aliphatic heterocycles. The van der Waals surface area contributed by atoms with Gasteiger partial charge in [0, 0.05) is 68.5 Å². The zero-order valence-electron chi connectivity index (χ0n) is 35.0. The summed E-state index contributed by atoms with van der Waals surface area (Å²) in [6.07, 6.45) is 2.90. The number of halogens is 1. The van der Waals surface area contributed by atoms with Crippen LogP contribution in [0.15, 0.2) is 60.7 Å². The van der Waals surface area contributed by atoms with Crippen LogP contribution in [0.3, 0.4) is 0 Å². The molecule has 4 atom stereocenters. The Kier molecular flexibility index (Phi) is 13.8. The van der Waals surface area contributed by atoms with Crippen LogP contribution < -0.4 is 21.3 Å². The van der Waals surface area contributed by atoms with Crippen LogP contribution in [0.4, 0.5) is 11.4 Å². The van der Waals surface area contributed by atoms with E-state index in [4.69, 9.17) is 21.1 Å². The van der Waals surface area contributed by atoms with E-state index in [1.54, 1.807) is 18.2 Å². The normalized spacial score (nSPS) is 24.2. The van der Waals surface area contributed by atoms with Crippen LogP contribution in [-0.4, -0.2) is 111 Å². The maximum absolute atomic E-state index is 13.3. The molecule has 4 aromatic rings. The Morgan fingerprint density at radius 2 is 1.15 bits per heavy atom. The number of thiophene rings is 2. The SMILES string of the molecule is C[C@@H]1CN(C)CCc2ccc(NC(=O)[C@]3(NC(=O)c4ccc(Cl)s4)CCOC3)cc21.Cc1ccc(C(=O)N[C@@]2(C(=O)Nc3ccc4c(c3)[C@@H](C)CN(C)CC4)CCOC2)s1. The first-order chi connectivity index (χ1) is 28.7. The first-order valence-electron chi connectivity index (χ1n) is 20.6. The third-order valence-electron chi connectivity index (χ3n) is 11.9. The molecule has 320 valence electrons. The Bertz CT molecular complexity index is 2060. The van der Waals surface area contributed by atoms with Crippen molar-refractivity contribution in [3.63, 3.8) is 0 Å². The lowest BCUT2D eigenvalue weighted by Gasteiger charge is -2.27. The molecule has 8 rings (SSSR count). The van der Waals surface area contributed by atoms with Crippen molar-refractivity contribution < 1.29 is 28.7 Å². The molecular formula is C45H55ClN6O6S2. The minimum atomic E-state index is -1.09. The number of likely N-dealkylation sites (N-methyl/N-ethyl adjacent to an activating group) is 2. The van der Waals surface area contributed by atoms with Crippen molar-refractivity contribution in [3.8, 4) is 0 Å². The number of nitrogens with zero attached hydrogens (tertiary/aromatic N) is 2. The van der Waals surface area contributed by atoms with E-state index < -0.39 is 11.1 Å². The molecule has 0 radical (unpaired) electrons. The maximum atomic E-state index is 13.3. The number of carbonyl (C=O) groups is 4. The van der Waals surface area contributed by atoms with Gasteiger partial charge in [-0.3, -0.25) is 19.2 Å². The molecule has 0 aliphatic carbocycles. The number of nitrogens with one attached hydrogen (secondary N) is 4. The summed E-state index contributed by atoms with van der Waals surface area (Å²) in [7, 11) is 4.28. The lowest BCUT2D eigenvalue weighted by atomic mass is 9.94. The molecule has 2 fully saturated rings. The van der Waals surface area contributed by atoms with Gasteiger partial charge in [0.1, 0.15) is 11.1 Å². The molecular weight excluding hydrogens is 820 g/mol. The van der Waals surface area contributed by atoms with Crippen LogP contribution in [0.25, 0.3) is 0 Å². The minimum absolute atomic E-state index is 0.149. The van der Waals surface area contributed by atoms with Crippen molar-refractivity contribution in [2.75, 3.05) is 77.3 Å². The Hall–Kier alpha value is -4.15. The third-order valence-corrected chi connectivity index (χ3v) is 14.2. The Morgan fingerprint density at radius 1 is 0.683 bits per heavy atom. The number of amides is 4. The van der Waals surface area contributed by atoms with E-state index in [2.05, 4.69) is 83.3 Å². The van der Waals surface area contributed by atoms with E-state index in [1.807, 2.05) is 25.1 Å². The quantitative estimate of drug-likeness (QED) is 0.154. The smallest absolute Gasteiger partial charge is 0.262 e. The van der Waals surface area contributed by atoms with Crippen molar-refractivity contribution in [2.45, 2.75) is 69.4 Å². The number of rotatable bonds is 8. The summed E-state index contributed by atoms with van der Waals surface area (Å²) in [5, 5.41) is 11.9. The van der Waals surface area contributed by atoms with Crippen molar-refractivity contribution >= 4 is 69.3 Å². The largest absolute Gasteiger partial charge is 0.378 e. The number of hydrogen-bond donors (Lipinski definition) is 4. The van der Waals surface area contributed by atoms with Gasteiger partial charge in [0.05, 0.1) is 27.3 Å². The van der Waals surface area contributed by atoms with Gasteiger partial charge < -0.3 is 40.5 Å². The fourth-order valence-electron chi connectivity index (χ4n) is 8.51. The number of ether oxygens (including phenoxy) is 2. The zero-order valence-corrected chi connectivity index (χ0v) is 37.3. The standard InChI is InChI=1S/C23H29N3O3S.C22H26ClN3O3S/c1-15-13-26(3)10-8-17-5-6-18(12-19(15)17)24-22(28)23(9-11-29-14-23)25-21(27)20-7-4-16(2)30-20;1-14-12-26(2)9-7-15-3-4-16(11-17(14)15)24-21(28)22(8-10-29-13-22)25-20(27)18-5-6-19(23)30-18/h4-7,12,15H,8-11,13-14H2,1-3H3,(H,24,28)(H,25,27);3-6,11,14H,7-10,12-13H2,1-2H3,(H,24,28)(H,25,27)/t15-,23-;14-,22+/m01/s1. The van der Waals surface area contributed by atoms with Gasteiger partial charge in [-0.2, -0.15) is 0 Å². The van der Waals surface area contributed by atoms with Crippen LogP contribution in [0.1, 0.15) is 85.0 Å². The molecule has 2 saturated heterocycles. The average Bonchev–Trinajstić information content (AvgIpc) is 4.04. The van der Waals surface area contributed by atoms with Crippen molar-refractivity contribution in [1.82, 2.24) is 20.4 Å². The van der Waals surface area contributed by atoms with Gasteiger partial charge in [-0.1, -0.05) is 37.6 Å². The van der Waals surface area contributed by atoms with Gasteiger partial charge in [-0.15, -0.1) is 22.7 Å². The van der Waals surface area contributed by atoms with E-state index in [1.165, 1.54) is 44.9 Å². The van der Waals surface area contributed by atoms with E-state index in [9.17, 15) is 19.2 Å². The van der Waals surface area contributed by atoms with Gasteiger partial charge in [-0.25, -0.2) is 0 Å². The fraction of sp³-hybridized carbons (Fsp3) is 0.467. The van der Waals surface area contributed by atoms with E-state index in [0.29, 0.717) is 52.0 Å². The zero-order chi connectivity index (χ0) is 42.6. The first kappa shape index (κ1) is 43.9. The first-order valence-corrected chi connectivity index (χ1v) is 22.6. The minimum Gasteiger partial charge on any atom is -0.378 e. The third kappa shape index (κ3) is 10.1. The average molecular weight is 876 g/mol. The summed E-state index contributed by atoms with van der Waals surface area (Å²) in [5.74, 6) is -0.237. The number of benzene rings is 2. The summed E-state index contributed by atoms with van der Waals surface area (Å²) in [5.41, 5.74) is 4.59. The summed E-state index contributed by atoms with van der Waals surface area (Å²) in [6, 6.07) is 19.3. The Balaban J connectivity index is 0.000000181. The number of carbonyl (C=O) groups excluding carboxylic acids is 4. The lowest BCUT2D eigenvalue weighted by molar-refractivity contribution is -0.122. The monoisotopic (exact) mass is 874 g/mol. The highest BCUT2D eigenvalue weighted by molar-refractivity contribution is 7.18. The highest BCUT2D eigenvalue weighted by Crippen LogP contribution is 2.32. The molecule has 0 spiro atoms. The molecule has 12 nitrogen and oxygen atoms in total. The maximum Gasteiger partial charge on any atom is 0.262 e. The molecule has 0 bridgehead atoms. The molecule has 4 aliphatic rings. The molecule has 15 heteroatoms. The molecule has 6 heterocycles. The van der Waals surface area contributed by atoms with E-state index in [0.717, 1.165) is 55.3 Å². The second kappa shape index (κ2) is 18.9. The van der Waals surface area contributed by atoms with Crippen LogP contribution in [0.5, 0.6) is 0 Å². The van der Waals surface area contributed by atoms with Gasteiger partial charge in [0.15, 0.2) is 0 Å². The number of fused-ring (bicyclic) bond motifs is 2. The molecule has 4 N–H and O–H groups in total. The summed E-state index contributed by atoms with van der Waals surface area (Å²) in [6.45, 7) is 11.7.